The maximum atomic E-state index is 6.61. The molecule has 0 N–H and O–H groups in total. The Hall–Kier alpha value is -0.0136. The van der Waals surface area contributed by atoms with Gasteiger partial charge in [-0.3, -0.25) is 0 Å². The molecule has 1 aromatic rings. The van der Waals surface area contributed by atoms with Crippen LogP contribution in [-0.2, 0) is 17.1 Å². The van der Waals surface area contributed by atoms with Gasteiger partial charge in [0.05, 0.1) is 0 Å². The van der Waals surface area contributed by atoms with Crippen molar-refractivity contribution < 1.29 is 17.1 Å². The zero-order chi connectivity index (χ0) is 9.31. The molecule has 1 unspecified atom stereocenters. The van der Waals surface area contributed by atoms with E-state index >= 15 is 0 Å². The second-order valence-electron chi connectivity index (χ2n) is 3.35. The molecule has 0 aliphatic heterocycles. The monoisotopic (exact) mass is 262 g/mol. The van der Waals surface area contributed by atoms with Gasteiger partial charge in [-0.25, -0.2) is 30.7 Å². The number of halogens is 1. The van der Waals surface area contributed by atoms with Gasteiger partial charge in [0.1, 0.15) is 0 Å². The molecule has 74 valence electrons. The van der Waals surface area contributed by atoms with Gasteiger partial charge >= 0.3 is 17.1 Å². The van der Waals surface area contributed by atoms with Crippen molar-refractivity contribution in [2.24, 2.45) is 0 Å². The summed E-state index contributed by atoms with van der Waals surface area (Å²) in [7, 11) is -1.88. The van der Waals surface area contributed by atoms with Crippen molar-refractivity contribution in [1.29, 1.82) is 0 Å². The summed E-state index contributed by atoms with van der Waals surface area (Å²) in [6.45, 7) is 2.17. The van der Waals surface area contributed by atoms with Gasteiger partial charge in [-0.05, 0) is 0 Å². The Morgan fingerprint density at radius 3 is 2.71 bits per heavy atom. The fraction of sp³-hybridized carbons (Fsp3) is 0.0909. The van der Waals surface area contributed by atoms with E-state index < -0.39 is 7.38 Å². The van der Waals surface area contributed by atoms with Gasteiger partial charge in [0.25, 0.3) is 0 Å². The molecule has 1 atom stereocenters. The maximum absolute atomic E-state index is 6.61. The second kappa shape index (κ2) is 4.67. The largest absolute Gasteiger partial charge is 2.00 e. The van der Waals surface area contributed by atoms with Crippen LogP contribution >= 0.6 is 11.1 Å². The van der Waals surface area contributed by atoms with Crippen molar-refractivity contribution in [2.75, 3.05) is 0 Å². The Bertz CT molecular complexity index is 295. The van der Waals surface area contributed by atoms with Crippen molar-refractivity contribution >= 4 is 23.6 Å². The van der Waals surface area contributed by atoms with E-state index in [-0.39, 0.29) is 17.1 Å². The van der Waals surface area contributed by atoms with Gasteiger partial charge < -0.3 is 0 Å². The first kappa shape index (κ1) is 12.1. The fourth-order valence-electron chi connectivity index (χ4n) is 1.54. The minimum absolute atomic E-state index is 0. The minimum atomic E-state index is -1.88. The van der Waals surface area contributed by atoms with Gasteiger partial charge in [-0.1, -0.05) is 12.1 Å². The average molecular weight is 263 g/mol. The predicted molar refractivity (Wildman–Crippen MR) is 60.1 cm³/mol. The van der Waals surface area contributed by atoms with Crippen molar-refractivity contribution in [3.8, 4) is 0 Å². The van der Waals surface area contributed by atoms with E-state index in [1.807, 2.05) is 24.3 Å². The van der Waals surface area contributed by atoms with E-state index in [0.717, 1.165) is 0 Å². The van der Waals surface area contributed by atoms with Crippen LogP contribution in [0.5, 0.6) is 0 Å². The summed E-state index contributed by atoms with van der Waals surface area (Å²) in [5.41, 5.74) is 1.29. The first-order chi connectivity index (χ1) is 6.21. The smallest absolute Gasteiger partial charge is 0.231 e. The van der Waals surface area contributed by atoms with Gasteiger partial charge in [0.2, 0.25) is 0 Å². The van der Waals surface area contributed by atoms with Gasteiger partial charge in [0, 0.05) is 0 Å². The third-order valence-corrected chi connectivity index (χ3v) is 6.55. The molecule has 0 bridgehead atoms. The van der Waals surface area contributed by atoms with E-state index in [2.05, 4.69) is 31.5 Å². The molecule has 2 rings (SSSR count). The molecular formula is C11H11ClFeSi. The molecular weight excluding hydrogens is 252 g/mol. The van der Waals surface area contributed by atoms with Crippen molar-refractivity contribution in [2.45, 2.75) is 6.55 Å². The SMILES string of the molecule is C[Si](Cl)([C]1[CH]C=C[CH-]1)c1ccc[cH-]1.[Fe+2]. The molecule has 0 saturated heterocycles. The second-order valence-corrected chi connectivity index (χ2v) is 8.78. The van der Waals surface area contributed by atoms with Crippen LogP contribution in [0.4, 0.5) is 0 Å². The molecule has 0 saturated carbocycles. The molecule has 14 heavy (non-hydrogen) atoms. The summed E-state index contributed by atoms with van der Waals surface area (Å²) in [5.74, 6) is 0. The summed E-state index contributed by atoms with van der Waals surface area (Å²) in [4.78, 5) is 0. The van der Waals surface area contributed by atoms with E-state index in [4.69, 9.17) is 11.1 Å². The third-order valence-electron chi connectivity index (χ3n) is 2.41. The number of hydrogen-bond acceptors (Lipinski definition) is 0. The number of allylic oxidation sites excluding steroid dienone is 2. The first-order valence-corrected chi connectivity index (χ1v) is 7.86. The minimum Gasteiger partial charge on any atom is -0.231 e. The van der Waals surface area contributed by atoms with Crippen LogP contribution in [0.3, 0.4) is 0 Å². The molecule has 0 fully saturated rings. The van der Waals surface area contributed by atoms with Crippen LogP contribution in [0.25, 0.3) is 0 Å². The van der Waals surface area contributed by atoms with E-state index in [1.54, 1.807) is 0 Å². The van der Waals surface area contributed by atoms with Crippen molar-refractivity contribution in [3.05, 3.63) is 54.8 Å². The Balaban J connectivity index is 0.000000980. The van der Waals surface area contributed by atoms with Gasteiger partial charge in [0.15, 0.2) is 7.38 Å². The molecule has 0 aromatic heterocycles. The van der Waals surface area contributed by atoms with Crippen molar-refractivity contribution in [3.63, 3.8) is 0 Å². The summed E-state index contributed by atoms with van der Waals surface area (Å²) >= 11 is 6.61. The van der Waals surface area contributed by atoms with Crippen LogP contribution in [0.2, 0.25) is 6.55 Å². The summed E-state index contributed by atoms with van der Waals surface area (Å²) < 4.78 is 0. The summed E-state index contributed by atoms with van der Waals surface area (Å²) in [6, 6.07) is 8.33. The Morgan fingerprint density at radius 2 is 2.21 bits per heavy atom. The zero-order valence-corrected chi connectivity index (χ0v) is 10.7. The summed E-state index contributed by atoms with van der Waals surface area (Å²) in [5, 5.41) is 1.29. The Labute approximate surface area is 102 Å². The zero-order valence-electron chi connectivity index (χ0n) is 7.85. The Morgan fingerprint density at radius 1 is 1.43 bits per heavy atom. The molecule has 1 aliphatic carbocycles. The number of rotatable bonds is 2. The molecule has 1 aromatic carbocycles. The van der Waals surface area contributed by atoms with Crippen LogP contribution in [-0.4, -0.2) is 7.38 Å². The maximum Gasteiger partial charge on any atom is 2.00 e. The quantitative estimate of drug-likeness (QED) is 0.436. The van der Waals surface area contributed by atoms with Gasteiger partial charge in [-0.2, -0.15) is 28.4 Å². The topological polar surface area (TPSA) is 0 Å². The predicted octanol–water partition coefficient (Wildman–Crippen LogP) is 2.52. The fourth-order valence-corrected chi connectivity index (χ4v) is 4.27. The molecule has 0 nitrogen and oxygen atoms in total. The van der Waals surface area contributed by atoms with E-state index in [9.17, 15) is 0 Å². The average Bonchev–Trinajstić information content (AvgIpc) is 2.78. The van der Waals surface area contributed by atoms with E-state index in [1.165, 1.54) is 10.7 Å². The summed E-state index contributed by atoms with van der Waals surface area (Å²) in [6.07, 6.45) is 8.33. The van der Waals surface area contributed by atoms with Crippen molar-refractivity contribution in [1.82, 2.24) is 0 Å². The van der Waals surface area contributed by atoms with Crippen LogP contribution in [0.15, 0.2) is 36.4 Å². The van der Waals surface area contributed by atoms with Crippen LogP contribution < -0.4 is 5.19 Å². The third kappa shape index (κ3) is 2.14. The van der Waals surface area contributed by atoms with Crippen LogP contribution in [0, 0.1) is 18.4 Å². The van der Waals surface area contributed by atoms with E-state index in [0.29, 0.717) is 0 Å². The normalized spacial score (nSPS) is 19.9. The molecule has 2 radical (unpaired) electrons. The van der Waals surface area contributed by atoms with Crippen LogP contribution in [0.1, 0.15) is 0 Å². The molecule has 0 heterocycles. The molecule has 3 heteroatoms. The number of hydrogen-bond donors (Lipinski definition) is 0. The first-order valence-electron chi connectivity index (χ1n) is 4.34. The molecule has 1 aliphatic rings. The molecule has 0 spiro atoms. The van der Waals surface area contributed by atoms with Gasteiger partial charge in [-0.15, -0.1) is 6.42 Å². The Kier molecular flexibility index (Phi) is 4.02. The molecule has 0 amide bonds. The standard InChI is InChI=1S/C11H11ClSi.Fe/c1-13(12,10-6-2-3-7-10)11-8-4-5-9-11;/h2-9H,1H3;/q-2;+2.